The molecule has 10 heteroatoms. The summed E-state index contributed by atoms with van der Waals surface area (Å²) < 4.78 is 37.2. The first-order valence-corrected chi connectivity index (χ1v) is 9.44. The highest BCUT2D eigenvalue weighted by Crippen LogP contribution is 2.29. The molecule has 2 N–H and O–H groups in total. The Morgan fingerprint density at radius 1 is 1.11 bits per heavy atom. The van der Waals surface area contributed by atoms with Crippen LogP contribution in [0.25, 0.3) is 0 Å². The van der Waals surface area contributed by atoms with E-state index in [1.165, 1.54) is 50.6 Å². The van der Waals surface area contributed by atoms with Crippen molar-refractivity contribution in [1.82, 2.24) is 5.32 Å². The summed E-state index contributed by atoms with van der Waals surface area (Å²) in [6.45, 7) is -0.329. The number of sulfonamides is 1. The molecule has 0 saturated heterocycles. The van der Waals surface area contributed by atoms with E-state index in [1.807, 2.05) is 0 Å². The molecule has 1 amide bonds. The number of amides is 1. The fourth-order valence-electron chi connectivity index (χ4n) is 2.09. The maximum atomic E-state index is 12.7. The quantitative estimate of drug-likeness (QED) is 0.673. The molecule has 0 heterocycles. The highest BCUT2D eigenvalue weighted by Gasteiger charge is 2.19. The van der Waals surface area contributed by atoms with E-state index in [0.29, 0.717) is 5.02 Å². The van der Waals surface area contributed by atoms with Gasteiger partial charge in [-0.2, -0.15) is 0 Å². The maximum absolute atomic E-state index is 12.7. The highest BCUT2D eigenvalue weighted by molar-refractivity contribution is 7.92. The van der Waals surface area contributed by atoms with Crippen LogP contribution in [0.15, 0.2) is 47.4 Å². The molecule has 2 rings (SSSR count). The van der Waals surface area contributed by atoms with Gasteiger partial charge in [-0.3, -0.25) is 14.3 Å². The molecule has 0 aliphatic rings. The van der Waals surface area contributed by atoms with Crippen molar-refractivity contribution in [3.63, 3.8) is 0 Å². The molecule has 8 nitrogen and oxygen atoms in total. The summed E-state index contributed by atoms with van der Waals surface area (Å²) in [7, 11) is -1.43. The van der Waals surface area contributed by atoms with Crippen LogP contribution >= 0.6 is 11.6 Å². The number of methoxy groups -OCH3 is 2. The van der Waals surface area contributed by atoms with Gasteiger partial charge < -0.3 is 14.8 Å². The van der Waals surface area contributed by atoms with E-state index in [1.54, 1.807) is 6.07 Å². The molecule has 0 atom stereocenters. The van der Waals surface area contributed by atoms with Gasteiger partial charge in [0, 0.05) is 10.6 Å². The Hall–Kier alpha value is -2.78. The lowest BCUT2D eigenvalue weighted by Gasteiger charge is -2.13. The molecular weight excluding hydrogens is 396 g/mol. The van der Waals surface area contributed by atoms with Crippen LogP contribution in [0.5, 0.6) is 5.75 Å². The van der Waals surface area contributed by atoms with E-state index < -0.39 is 21.9 Å². The lowest BCUT2D eigenvalue weighted by molar-refractivity contribution is -0.139. The van der Waals surface area contributed by atoms with Crippen molar-refractivity contribution in [2.75, 3.05) is 25.5 Å². The van der Waals surface area contributed by atoms with Crippen LogP contribution in [-0.4, -0.2) is 41.1 Å². The lowest BCUT2D eigenvalue weighted by Crippen LogP contribution is -2.30. The van der Waals surface area contributed by atoms with E-state index >= 15 is 0 Å². The number of rotatable bonds is 7. The summed E-state index contributed by atoms with van der Waals surface area (Å²) in [5.41, 5.74) is 0.227. The zero-order valence-electron chi connectivity index (χ0n) is 14.5. The number of esters is 1. The average molecular weight is 413 g/mol. The van der Waals surface area contributed by atoms with Gasteiger partial charge in [0.2, 0.25) is 0 Å². The Labute approximate surface area is 161 Å². The number of carbonyl (C=O) groups excluding carboxylic acids is 2. The summed E-state index contributed by atoms with van der Waals surface area (Å²) in [5, 5.41) is 2.66. The topological polar surface area (TPSA) is 111 Å². The van der Waals surface area contributed by atoms with E-state index in [-0.39, 0.29) is 28.4 Å². The smallest absolute Gasteiger partial charge is 0.325 e. The third kappa shape index (κ3) is 5.35. The number of halogens is 1. The summed E-state index contributed by atoms with van der Waals surface area (Å²) >= 11 is 5.91. The average Bonchev–Trinajstić information content (AvgIpc) is 2.65. The SMILES string of the molecule is COC(=O)CNC(=O)c1cccc(S(=O)(=O)Nc2cc(Cl)ccc2OC)c1. The normalized spacial score (nSPS) is 10.8. The molecule has 0 aromatic heterocycles. The minimum absolute atomic E-state index is 0.0693. The van der Waals surface area contributed by atoms with Crippen LogP contribution < -0.4 is 14.8 Å². The summed E-state index contributed by atoms with van der Waals surface area (Å²) in [6, 6.07) is 9.84. The van der Waals surface area contributed by atoms with Gasteiger partial charge in [0.25, 0.3) is 15.9 Å². The summed E-state index contributed by atoms with van der Waals surface area (Å²) in [6.07, 6.45) is 0. The number of hydrogen-bond donors (Lipinski definition) is 2. The van der Waals surface area contributed by atoms with Crippen LogP contribution in [0.3, 0.4) is 0 Å². The fraction of sp³-hybridized carbons (Fsp3) is 0.176. The predicted octanol–water partition coefficient (Wildman–Crippen LogP) is 2.05. The number of hydrogen-bond acceptors (Lipinski definition) is 6. The monoisotopic (exact) mass is 412 g/mol. The van der Waals surface area contributed by atoms with Gasteiger partial charge in [0.15, 0.2) is 0 Å². The first-order chi connectivity index (χ1) is 12.8. The summed E-state index contributed by atoms with van der Waals surface area (Å²) in [4.78, 5) is 23.0. The number of ether oxygens (including phenoxy) is 2. The minimum atomic E-state index is -4.01. The van der Waals surface area contributed by atoms with Gasteiger partial charge in [-0.1, -0.05) is 17.7 Å². The van der Waals surface area contributed by atoms with Crippen LogP contribution in [0.2, 0.25) is 5.02 Å². The Kier molecular flexibility index (Phi) is 6.65. The van der Waals surface area contributed by atoms with E-state index in [9.17, 15) is 18.0 Å². The molecule has 0 bridgehead atoms. The molecule has 0 fully saturated rings. The Bertz CT molecular complexity index is 962. The third-order valence-corrected chi connectivity index (χ3v) is 5.03. The van der Waals surface area contributed by atoms with Crippen LogP contribution in [0.1, 0.15) is 10.4 Å². The van der Waals surface area contributed by atoms with Crippen molar-refractivity contribution in [3.8, 4) is 5.75 Å². The Balaban J connectivity index is 2.26. The van der Waals surface area contributed by atoms with E-state index in [4.69, 9.17) is 16.3 Å². The standard InChI is InChI=1S/C17H17ClN2O6S/c1-25-15-7-6-12(18)9-14(15)20-27(23,24)13-5-3-4-11(8-13)17(22)19-10-16(21)26-2/h3-9,20H,10H2,1-2H3,(H,19,22). The van der Waals surface area contributed by atoms with Gasteiger partial charge in [-0.05, 0) is 36.4 Å². The summed E-state index contributed by atoms with van der Waals surface area (Å²) in [5.74, 6) is -0.949. The highest BCUT2D eigenvalue weighted by atomic mass is 35.5. The molecule has 0 unspecified atom stereocenters. The molecule has 144 valence electrons. The zero-order chi connectivity index (χ0) is 20.0. The van der Waals surface area contributed by atoms with Gasteiger partial charge >= 0.3 is 5.97 Å². The van der Waals surface area contributed by atoms with Crippen LogP contribution in [0.4, 0.5) is 5.69 Å². The molecule has 2 aromatic carbocycles. The lowest BCUT2D eigenvalue weighted by atomic mass is 10.2. The van der Waals surface area contributed by atoms with Crippen molar-refractivity contribution >= 4 is 39.2 Å². The molecule has 27 heavy (non-hydrogen) atoms. The van der Waals surface area contributed by atoms with Gasteiger partial charge in [0.05, 0.1) is 24.8 Å². The molecule has 0 spiro atoms. The number of anilines is 1. The Morgan fingerprint density at radius 2 is 1.85 bits per heavy atom. The first-order valence-electron chi connectivity index (χ1n) is 7.58. The number of carbonyl (C=O) groups is 2. The van der Waals surface area contributed by atoms with Crippen LogP contribution in [-0.2, 0) is 19.6 Å². The van der Waals surface area contributed by atoms with Crippen molar-refractivity contribution < 1.29 is 27.5 Å². The Morgan fingerprint density at radius 3 is 2.52 bits per heavy atom. The molecule has 0 aliphatic carbocycles. The van der Waals surface area contributed by atoms with E-state index in [2.05, 4.69) is 14.8 Å². The minimum Gasteiger partial charge on any atom is -0.495 e. The third-order valence-electron chi connectivity index (χ3n) is 3.43. The first kappa shape index (κ1) is 20.5. The molecule has 2 aromatic rings. The van der Waals surface area contributed by atoms with E-state index in [0.717, 1.165) is 0 Å². The molecule has 0 saturated carbocycles. The molecular formula is C17H17ClN2O6S. The van der Waals surface area contributed by atoms with Gasteiger partial charge in [-0.25, -0.2) is 8.42 Å². The number of nitrogens with one attached hydrogen (secondary N) is 2. The van der Waals surface area contributed by atoms with Crippen molar-refractivity contribution in [2.24, 2.45) is 0 Å². The second-order valence-corrected chi connectivity index (χ2v) is 7.36. The van der Waals surface area contributed by atoms with Gasteiger partial charge in [-0.15, -0.1) is 0 Å². The van der Waals surface area contributed by atoms with Crippen molar-refractivity contribution in [1.29, 1.82) is 0 Å². The predicted molar refractivity (Wildman–Crippen MR) is 99.6 cm³/mol. The van der Waals surface area contributed by atoms with Gasteiger partial charge in [0.1, 0.15) is 12.3 Å². The second-order valence-electron chi connectivity index (χ2n) is 5.24. The maximum Gasteiger partial charge on any atom is 0.325 e. The van der Waals surface area contributed by atoms with Crippen molar-refractivity contribution in [3.05, 3.63) is 53.1 Å². The zero-order valence-corrected chi connectivity index (χ0v) is 16.1. The fourth-order valence-corrected chi connectivity index (χ4v) is 3.37. The largest absolute Gasteiger partial charge is 0.495 e. The second kappa shape index (κ2) is 8.74. The number of benzene rings is 2. The van der Waals surface area contributed by atoms with Crippen molar-refractivity contribution in [2.45, 2.75) is 4.90 Å². The molecule has 0 aliphatic heterocycles. The molecule has 0 radical (unpaired) electrons. The van der Waals surface area contributed by atoms with Crippen LogP contribution in [0, 0.1) is 0 Å².